The minimum atomic E-state index is -0.348. The van der Waals surface area contributed by atoms with Gasteiger partial charge in [-0.05, 0) is 42.2 Å². The van der Waals surface area contributed by atoms with Gasteiger partial charge in [-0.2, -0.15) is 0 Å². The maximum absolute atomic E-state index is 12.2. The smallest absolute Gasteiger partial charge is 0.325 e. The Morgan fingerprint density at radius 3 is 2.31 bits per heavy atom. The molecular formula is C22H24N4O2S. The predicted molar refractivity (Wildman–Crippen MR) is 119 cm³/mol. The van der Waals surface area contributed by atoms with Crippen LogP contribution in [0.25, 0.3) is 0 Å². The number of nitrogens with one attached hydrogen (secondary N) is 3. The number of para-hydroxylation sites is 1. The summed E-state index contributed by atoms with van der Waals surface area (Å²) in [7, 11) is 0. The van der Waals surface area contributed by atoms with Crippen molar-refractivity contribution >= 4 is 39.8 Å². The number of benzene rings is 2. The van der Waals surface area contributed by atoms with Crippen LogP contribution < -0.4 is 16.0 Å². The second-order valence-electron chi connectivity index (χ2n) is 6.91. The number of amides is 3. The molecule has 3 rings (SSSR count). The van der Waals surface area contributed by atoms with E-state index in [4.69, 9.17) is 0 Å². The van der Waals surface area contributed by atoms with Crippen molar-refractivity contribution in [3.05, 3.63) is 71.2 Å². The van der Waals surface area contributed by atoms with Crippen molar-refractivity contribution in [1.29, 1.82) is 0 Å². The SMILES string of the molecule is CC(C)c1ccc(NC(=O)CCc2csc(NC(=O)Nc3ccccc3)n2)cc1. The van der Waals surface area contributed by atoms with Gasteiger partial charge >= 0.3 is 6.03 Å². The number of hydrogen-bond acceptors (Lipinski definition) is 4. The molecule has 2 aromatic carbocycles. The van der Waals surface area contributed by atoms with Crippen LogP contribution in [-0.2, 0) is 11.2 Å². The molecule has 1 aromatic heterocycles. The molecule has 0 bridgehead atoms. The molecule has 29 heavy (non-hydrogen) atoms. The van der Waals surface area contributed by atoms with Gasteiger partial charge in [0.05, 0.1) is 5.69 Å². The van der Waals surface area contributed by atoms with Crippen molar-refractivity contribution in [3.63, 3.8) is 0 Å². The molecule has 0 aliphatic heterocycles. The first-order valence-corrected chi connectivity index (χ1v) is 10.3. The molecule has 3 amide bonds. The van der Waals surface area contributed by atoms with Crippen molar-refractivity contribution in [2.24, 2.45) is 0 Å². The molecule has 0 atom stereocenters. The maximum atomic E-state index is 12.2. The van der Waals surface area contributed by atoms with E-state index in [1.807, 2.05) is 60.0 Å². The lowest BCUT2D eigenvalue weighted by atomic mass is 10.0. The van der Waals surface area contributed by atoms with E-state index in [0.717, 1.165) is 11.4 Å². The summed E-state index contributed by atoms with van der Waals surface area (Å²) in [5.74, 6) is 0.397. The number of rotatable bonds is 7. The van der Waals surface area contributed by atoms with Gasteiger partial charge in [0.25, 0.3) is 0 Å². The normalized spacial score (nSPS) is 10.6. The molecule has 0 unspecified atom stereocenters. The summed E-state index contributed by atoms with van der Waals surface area (Å²) in [4.78, 5) is 28.6. The van der Waals surface area contributed by atoms with Crippen LogP contribution >= 0.6 is 11.3 Å². The van der Waals surface area contributed by atoms with E-state index in [2.05, 4.69) is 34.8 Å². The summed E-state index contributed by atoms with van der Waals surface area (Å²) in [5, 5.41) is 10.7. The van der Waals surface area contributed by atoms with Crippen molar-refractivity contribution in [1.82, 2.24) is 4.98 Å². The molecule has 0 fully saturated rings. The highest BCUT2D eigenvalue weighted by atomic mass is 32.1. The highest BCUT2D eigenvalue weighted by molar-refractivity contribution is 7.13. The number of aromatic nitrogens is 1. The lowest BCUT2D eigenvalue weighted by Gasteiger charge is -2.08. The molecule has 6 nitrogen and oxygen atoms in total. The first kappa shape index (κ1) is 20.5. The van der Waals surface area contributed by atoms with Gasteiger partial charge in [0.2, 0.25) is 5.91 Å². The van der Waals surface area contributed by atoms with E-state index < -0.39 is 0 Å². The molecule has 0 saturated carbocycles. The third-order valence-electron chi connectivity index (χ3n) is 4.27. The van der Waals surface area contributed by atoms with Crippen LogP contribution in [0.4, 0.5) is 21.3 Å². The fraction of sp³-hybridized carbons (Fsp3) is 0.227. The Bertz CT molecular complexity index is 952. The van der Waals surface area contributed by atoms with Crippen molar-refractivity contribution in [3.8, 4) is 0 Å². The Morgan fingerprint density at radius 2 is 1.62 bits per heavy atom. The van der Waals surface area contributed by atoms with Crippen LogP contribution in [0.2, 0.25) is 0 Å². The van der Waals surface area contributed by atoms with Crippen molar-refractivity contribution < 1.29 is 9.59 Å². The summed E-state index contributed by atoms with van der Waals surface area (Å²) >= 11 is 1.33. The Hall–Kier alpha value is -3.19. The Balaban J connectivity index is 1.44. The van der Waals surface area contributed by atoms with Gasteiger partial charge in [0.1, 0.15) is 0 Å². The van der Waals surface area contributed by atoms with Gasteiger partial charge in [0.15, 0.2) is 5.13 Å². The second kappa shape index (κ2) is 9.84. The minimum absolute atomic E-state index is 0.0633. The first-order valence-electron chi connectivity index (χ1n) is 9.47. The molecule has 0 saturated heterocycles. The third kappa shape index (κ3) is 6.43. The van der Waals surface area contributed by atoms with Gasteiger partial charge in [-0.3, -0.25) is 10.1 Å². The molecule has 1 heterocycles. The quantitative estimate of drug-likeness (QED) is 0.484. The van der Waals surface area contributed by atoms with Gasteiger partial charge in [-0.1, -0.05) is 44.2 Å². The molecule has 0 spiro atoms. The van der Waals surface area contributed by atoms with Gasteiger partial charge in [0, 0.05) is 23.2 Å². The van der Waals surface area contributed by atoms with Crippen LogP contribution in [0, 0.1) is 0 Å². The number of carbonyl (C=O) groups excluding carboxylic acids is 2. The molecule has 0 aliphatic rings. The number of urea groups is 1. The fourth-order valence-corrected chi connectivity index (χ4v) is 3.42. The Kier molecular flexibility index (Phi) is 6.97. The molecular weight excluding hydrogens is 384 g/mol. The summed E-state index contributed by atoms with van der Waals surface area (Å²) in [6.45, 7) is 4.27. The van der Waals surface area contributed by atoms with Crippen molar-refractivity contribution in [2.45, 2.75) is 32.6 Å². The number of carbonyl (C=O) groups is 2. The van der Waals surface area contributed by atoms with Crippen molar-refractivity contribution in [2.75, 3.05) is 16.0 Å². The largest absolute Gasteiger partial charge is 0.326 e. The van der Waals surface area contributed by atoms with Gasteiger partial charge < -0.3 is 10.6 Å². The van der Waals surface area contributed by atoms with Crippen LogP contribution in [0.5, 0.6) is 0 Å². The molecule has 150 valence electrons. The van der Waals surface area contributed by atoms with E-state index in [-0.39, 0.29) is 11.9 Å². The molecule has 0 aliphatic carbocycles. The Morgan fingerprint density at radius 1 is 0.931 bits per heavy atom. The van der Waals surface area contributed by atoms with E-state index in [9.17, 15) is 9.59 Å². The zero-order valence-corrected chi connectivity index (χ0v) is 17.3. The van der Waals surface area contributed by atoms with Crippen LogP contribution in [-0.4, -0.2) is 16.9 Å². The summed E-state index contributed by atoms with van der Waals surface area (Å²) in [5.41, 5.74) is 3.51. The summed E-state index contributed by atoms with van der Waals surface area (Å²) in [6, 6.07) is 16.7. The van der Waals surface area contributed by atoms with Crippen LogP contribution in [0.15, 0.2) is 60.0 Å². The van der Waals surface area contributed by atoms with E-state index in [1.165, 1.54) is 16.9 Å². The van der Waals surface area contributed by atoms with E-state index in [1.54, 1.807) is 0 Å². The van der Waals surface area contributed by atoms with Gasteiger partial charge in [-0.15, -0.1) is 11.3 Å². The van der Waals surface area contributed by atoms with E-state index in [0.29, 0.717) is 29.6 Å². The maximum Gasteiger partial charge on any atom is 0.325 e. The molecule has 7 heteroatoms. The zero-order valence-electron chi connectivity index (χ0n) is 16.4. The highest BCUT2D eigenvalue weighted by Crippen LogP contribution is 2.19. The lowest BCUT2D eigenvalue weighted by Crippen LogP contribution is -2.19. The average Bonchev–Trinajstić information content (AvgIpc) is 3.14. The minimum Gasteiger partial charge on any atom is -0.326 e. The number of nitrogens with zero attached hydrogens (tertiary/aromatic N) is 1. The summed E-state index contributed by atoms with van der Waals surface area (Å²) in [6.07, 6.45) is 0.833. The second-order valence-corrected chi connectivity index (χ2v) is 7.77. The molecule has 3 N–H and O–H groups in total. The predicted octanol–water partition coefficient (Wildman–Crippen LogP) is 5.48. The number of anilines is 3. The fourth-order valence-electron chi connectivity index (χ4n) is 2.68. The topological polar surface area (TPSA) is 83.1 Å². The van der Waals surface area contributed by atoms with Crippen LogP contribution in [0.1, 0.15) is 37.4 Å². The summed E-state index contributed by atoms with van der Waals surface area (Å²) < 4.78 is 0. The van der Waals surface area contributed by atoms with Gasteiger partial charge in [-0.25, -0.2) is 9.78 Å². The number of hydrogen-bond donors (Lipinski definition) is 3. The highest BCUT2D eigenvalue weighted by Gasteiger charge is 2.09. The van der Waals surface area contributed by atoms with E-state index >= 15 is 0 Å². The average molecular weight is 409 g/mol. The first-order chi connectivity index (χ1) is 14.0. The lowest BCUT2D eigenvalue weighted by molar-refractivity contribution is -0.116. The Labute approximate surface area is 174 Å². The molecule has 3 aromatic rings. The number of thiazole rings is 1. The number of aryl methyl sites for hydroxylation is 1. The van der Waals surface area contributed by atoms with Crippen LogP contribution in [0.3, 0.4) is 0 Å². The third-order valence-corrected chi connectivity index (χ3v) is 5.08. The standard InChI is InChI=1S/C22H24N4O2S/c1-15(2)16-8-10-18(11-9-16)23-20(27)13-12-19-14-29-22(25-19)26-21(28)24-17-6-4-3-5-7-17/h3-11,14-15H,12-13H2,1-2H3,(H,23,27)(H2,24,25,26,28). The zero-order chi connectivity index (χ0) is 20.6. The molecule has 0 radical (unpaired) electrons. The monoisotopic (exact) mass is 408 g/mol.